The smallest absolute Gasteiger partial charge is 0.335 e. The lowest BCUT2D eigenvalue weighted by Gasteiger charge is -2.10. The summed E-state index contributed by atoms with van der Waals surface area (Å²) in [6, 6.07) is 5.30. The van der Waals surface area contributed by atoms with Crippen molar-refractivity contribution in [3.05, 3.63) is 46.6 Å². The predicted molar refractivity (Wildman–Crippen MR) is 72.6 cm³/mol. The minimum absolute atomic E-state index is 0.339. The van der Waals surface area contributed by atoms with Gasteiger partial charge in [0, 0.05) is 19.0 Å². The highest BCUT2D eigenvalue weighted by atomic mass is 16.5. The Bertz CT molecular complexity index is 706. The first-order chi connectivity index (χ1) is 10.2. The lowest BCUT2D eigenvalue weighted by atomic mass is 10.1. The lowest BCUT2D eigenvalue weighted by Crippen LogP contribution is -2.16. The van der Waals surface area contributed by atoms with Gasteiger partial charge in [-0.3, -0.25) is 4.90 Å². The fourth-order valence-corrected chi connectivity index (χ4v) is 2.74. The summed E-state index contributed by atoms with van der Waals surface area (Å²) < 4.78 is 5.26. The fraction of sp³-hybridized carbons (Fsp3) is 0.400. The van der Waals surface area contributed by atoms with E-state index >= 15 is 0 Å². The zero-order valence-electron chi connectivity index (χ0n) is 11.5. The lowest BCUT2D eigenvalue weighted by molar-refractivity contribution is 0.0696. The molecule has 2 aliphatic rings. The van der Waals surface area contributed by atoms with Gasteiger partial charge in [0.2, 0.25) is 5.89 Å². The molecular formula is C15H15N3O3. The Labute approximate surface area is 121 Å². The summed E-state index contributed by atoms with van der Waals surface area (Å²) in [6.07, 6.45) is 2.30. The molecule has 0 amide bonds. The number of benzene rings is 1. The summed E-state index contributed by atoms with van der Waals surface area (Å²) in [4.78, 5) is 17.6. The molecule has 0 saturated heterocycles. The van der Waals surface area contributed by atoms with Gasteiger partial charge in [-0.15, -0.1) is 0 Å². The molecule has 0 spiro atoms. The second-order valence-electron chi connectivity index (χ2n) is 5.76. The number of aromatic carboxylic acids is 1. The van der Waals surface area contributed by atoms with E-state index in [1.54, 1.807) is 12.1 Å². The standard InChI is InChI=1S/C15H15N3O3/c19-15(20)10-3-4-11-6-18(7-12(11)5-10)8-13-16-14(21-17-13)9-1-2-9/h3-5,9H,1-2,6-8H2,(H,19,20). The summed E-state index contributed by atoms with van der Waals surface area (Å²) in [7, 11) is 0. The van der Waals surface area contributed by atoms with Crippen LogP contribution in [-0.4, -0.2) is 26.1 Å². The summed E-state index contributed by atoms with van der Waals surface area (Å²) in [5, 5.41) is 13.1. The van der Waals surface area contributed by atoms with Crippen LogP contribution in [0.2, 0.25) is 0 Å². The van der Waals surface area contributed by atoms with Crippen LogP contribution in [0.1, 0.15) is 52.0 Å². The molecule has 2 aromatic rings. The van der Waals surface area contributed by atoms with Crippen molar-refractivity contribution in [1.82, 2.24) is 15.0 Å². The molecule has 21 heavy (non-hydrogen) atoms. The van der Waals surface area contributed by atoms with Crippen LogP contribution in [0.15, 0.2) is 22.7 Å². The molecule has 1 aromatic carbocycles. The highest BCUT2D eigenvalue weighted by molar-refractivity contribution is 5.87. The van der Waals surface area contributed by atoms with E-state index in [0.717, 1.165) is 37.4 Å². The Morgan fingerprint density at radius 2 is 2.14 bits per heavy atom. The van der Waals surface area contributed by atoms with Gasteiger partial charge >= 0.3 is 5.97 Å². The first-order valence-corrected chi connectivity index (χ1v) is 7.09. The van der Waals surface area contributed by atoms with Crippen LogP contribution in [0.5, 0.6) is 0 Å². The van der Waals surface area contributed by atoms with E-state index in [-0.39, 0.29) is 0 Å². The molecule has 1 fully saturated rings. The molecule has 0 atom stereocenters. The molecule has 0 unspecified atom stereocenters. The van der Waals surface area contributed by atoms with Gasteiger partial charge in [-0.05, 0) is 36.1 Å². The average Bonchev–Trinajstić information content (AvgIpc) is 3.07. The molecule has 1 N–H and O–H groups in total. The molecule has 6 heteroatoms. The summed E-state index contributed by atoms with van der Waals surface area (Å²) in [5.41, 5.74) is 2.58. The van der Waals surface area contributed by atoms with Crippen LogP contribution in [-0.2, 0) is 19.6 Å². The maximum atomic E-state index is 11.0. The van der Waals surface area contributed by atoms with E-state index in [0.29, 0.717) is 23.9 Å². The molecule has 4 rings (SSSR count). The first-order valence-electron chi connectivity index (χ1n) is 7.09. The summed E-state index contributed by atoms with van der Waals surface area (Å²) in [6.45, 7) is 2.15. The number of hydrogen-bond donors (Lipinski definition) is 1. The van der Waals surface area contributed by atoms with Crippen LogP contribution in [0.25, 0.3) is 0 Å². The third-order valence-corrected chi connectivity index (χ3v) is 4.02. The maximum absolute atomic E-state index is 11.0. The van der Waals surface area contributed by atoms with Gasteiger partial charge < -0.3 is 9.63 Å². The topological polar surface area (TPSA) is 79.5 Å². The third-order valence-electron chi connectivity index (χ3n) is 4.02. The number of aromatic nitrogens is 2. The van der Waals surface area contributed by atoms with Gasteiger partial charge in [0.05, 0.1) is 12.1 Å². The van der Waals surface area contributed by atoms with E-state index in [4.69, 9.17) is 9.63 Å². The molecule has 108 valence electrons. The number of carbonyl (C=O) groups is 1. The van der Waals surface area contributed by atoms with Crippen molar-refractivity contribution in [1.29, 1.82) is 0 Å². The maximum Gasteiger partial charge on any atom is 0.335 e. The molecule has 6 nitrogen and oxygen atoms in total. The van der Waals surface area contributed by atoms with Crippen LogP contribution in [0.4, 0.5) is 0 Å². The fourth-order valence-electron chi connectivity index (χ4n) is 2.74. The van der Waals surface area contributed by atoms with E-state index in [1.165, 1.54) is 5.56 Å². The molecule has 1 aromatic heterocycles. The van der Waals surface area contributed by atoms with Crippen molar-refractivity contribution in [2.45, 2.75) is 38.4 Å². The zero-order chi connectivity index (χ0) is 14.4. The number of rotatable bonds is 4. The number of hydrogen-bond acceptors (Lipinski definition) is 5. The van der Waals surface area contributed by atoms with Gasteiger partial charge in [-0.25, -0.2) is 4.79 Å². The quantitative estimate of drug-likeness (QED) is 0.927. The minimum atomic E-state index is -0.886. The van der Waals surface area contributed by atoms with E-state index in [2.05, 4.69) is 15.0 Å². The first kappa shape index (κ1) is 12.5. The monoisotopic (exact) mass is 285 g/mol. The number of carboxylic acid groups (broad SMARTS) is 1. The highest BCUT2D eigenvalue weighted by Gasteiger charge is 2.30. The van der Waals surface area contributed by atoms with Gasteiger partial charge in [-0.2, -0.15) is 4.98 Å². The van der Waals surface area contributed by atoms with Crippen LogP contribution >= 0.6 is 0 Å². The SMILES string of the molecule is O=C(O)c1ccc2c(c1)CN(Cc1noc(C3CC3)n1)C2. The third kappa shape index (κ3) is 2.42. The molecule has 0 radical (unpaired) electrons. The van der Waals surface area contributed by atoms with Crippen LogP contribution in [0, 0.1) is 0 Å². The summed E-state index contributed by atoms with van der Waals surface area (Å²) >= 11 is 0. The molecule has 0 bridgehead atoms. The van der Waals surface area contributed by atoms with Crippen molar-refractivity contribution in [3.8, 4) is 0 Å². The second kappa shape index (κ2) is 4.66. The van der Waals surface area contributed by atoms with Gasteiger partial charge in [-0.1, -0.05) is 11.2 Å². The normalized spacial score (nSPS) is 17.9. The van der Waals surface area contributed by atoms with Crippen molar-refractivity contribution < 1.29 is 14.4 Å². The minimum Gasteiger partial charge on any atom is -0.478 e. The Kier molecular flexibility index (Phi) is 2.78. The Balaban J connectivity index is 1.46. The Morgan fingerprint density at radius 3 is 2.90 bits per heavy atom. The van der Waals surface area contributed by atoms with Gasteiger partial charge in [0.25, 0.3) is 0 Å². The molecule has 1 aliphatic heterocycles. The number of fused-ring (bicyclic) bond motifs is 1. The van der Waals surface area contributed by atoms with Crippen molar-refractivity contribution >= 4 is 5.97 Å². The predicted octanol–water partition coefficient (Wildman–Crippen LogP) is 2.16. The van der Waals surface area contributed by atoms with E-state index in [1.807, 2.05) is 6.07 Å². The zero-order valence-corrected chi connectivity index (χ0v) is 11.5. The largest absolute Gasteiger partial charge is 0.478 e. The molecule has 1 saturated carbocycles. The number of carboxylic acids is 1. The van der Waals surface area contributed by atoms with Crippen LogP contribution < -0.4 is 0 Å². The molecular weight excluding hydrogens is 270 g/mol. The van der Waals surface area contributed by atoms with Crippen molar-refractivity contribution in [3.63, 3.8) is 0 Å². The molecule has 1 aliphatic carbocycles. The van der Waals surface area contributed by atoms with Crippen LogP contribution in [0.3, 0.4) is 0 Å². The molecule has 2 heterocycles. The highest BCUT2D eigenvalue weighted by Crippen LogP contribution is 2.39. The van der Waals surface area contributed by atoms with E-state index < -0.39 is 5.97 Å². The van der Waals surface area contributed by atoms with Crippen molar-refractivity contribution in [2.24, 2.45) is 0 Å². The van der Waals surface area contributed by atoms with Crippen molar-refractivity contribution in [2.75, 3.05) is 0 Å². The number of nitrogens with zero attached hydrogens (tertiary/aromatic N) is 3. The Morgan fingerprint density at radius 1 is 1.33 bits per heavy atom. The van der Waals surface area contributed by atoms with Gasteiger partial charge in [0.15, 0.2) is 5.82 Å². The average molecular weight is 285 g/mol. The van der Waals surface area contributed by atoms with E-state index in [9.17, 15) is 4.79 Å². The van der Waals surface area contributed by atoms with Gasteiger partial charge in [0.1, 0.15) is 0 Å². The Hall–Kier alpha value is -2.21. The second-order valence-corrected chi connectivity index (χ2v) is 5.76. The summed E-state index contributed by atoms with van der Waals surface area (Å²) in [5.74, 6) is 1.06.